The van der Waals surface area contributed by atoms with Gasteiger partial charge in [0.15, 0.2) is 5.57 Å². The quantitative estimate of drug-likeness (QED) is 0.264. The van der Waals surface area contributed by atoms with Crippen LogP contribution >= 0.6 is 11.3 Å². The van der Waals surface area contributed by atoms with Crippen LogP contribution in [-0.2, 0) is 19.1 Å². The molecule has 2 rings (SSSR count). The Bertz CT molecular complexity index is 673. The molecule has 0 amide bonds. The highest BCUT2D eigenvalue weighted by Crippen LogP contribution is 2.24. The molecule has 1 aromatic carbocycles. The lowest BCUT2D eigenvalue weighted by Gasteiger charge is -2.07. The van der Waals surface area contributed by atoms with Crippen molar-refractivity contribution in [3.8, 4) is 0 Å². The predicted molar refractivity (Wildman–Crippen MR) is 87.7 cm³/mol. The first-order valence-electron chi connectivity index (χ1n) is 7.07. The molecule has 0 bridgehead atoms. The number of aromatic nitrogens is 1. The van der Waals surface area contributed by atoms with Crippen LogP contribution in [-0.4, -0.2) is 30.1 Å². The van der Waals surface area contributed by atoms with Gasteiger partial charge in [0.25, 0.3) is 0 Å². The van der Waals surface area contributed by atoms with Crippen LogP contribution in [0.15, 0.2) is 36.0 Å². The van der Waals surface area contributed by atoms with Crippen LogP contribution in [0.4, 0.5) is 5.13 Å². The average Bonchev–Trinajstić information content (AvgIpc) is 2.94. The minimum atomic E-state index is -0.746. The second-order valence-electron chi connectivity index (χ2n) is 4.26. The van der Waals surface area contributed by atoms with E-state index in [-0.39, 0.29) is 18.8 Å². The number of esters is 2. The van der Waals surface area contributed by atoms with Gasteiger partial charge in [0.05, 0.1) is 23.4 Å². The van der Waals surface area contributed by atoms with E-state index in [9.17, 15) is 9.59 Å². The number of benzene rings is 1. The van der Waals surface area contributed by atoms with Crippen molar-refractivity contribution in [3.63, 3.8) is 0 Å². The number of hydrogen-bond donors (Lipinski definition) is 2. The fourth-order valence-corrected chi connectivity index (χ4v) is 2.54. The summed E-state index contributed by atoms with van der Waals surface area (Å²) in [7, 11) is 0. The smallest absolute Gasteiger partial charge is 0.347 e. The molecule has 7 nitrogen and oxygen atoms in total. The van der Waals surface area contributed by atoms with E-state index < -0.39 is 11.9 Å². The van der Waals surface area contributed by atoms with Gasteiger partial charge < -0.3 is 14.9 Å². The van der Waals surface area contributed by atoms with Gasteiger partial charge in [0, 0.05) is 6.20 Å². The van der Waals surface area contributed by atoms with E-state index in [1.54, 1.807) is 13.8 Å². The molecule has 23 heavy (non-hydrogen) atoms. The predicted octanol–water partition coefficient (Wildman–Crippen LogP) is 2.22. The molecular formula is C15H17N3O4S. The molecule has 1 aromatic heterocycles. The first-order valence-corrected chi connectivity index (χ1v) is 7.88. The molecule has 0 aliphatic rings. The minimum Gasteiger partial charge on any atom is -0.462 e. The third-order valence-corrected chi connectivity index (χ3v) is 3.63. The van der Waals surface area contributed by atoms with Gasteiger partial charge in [-0.15, -0.1) is 0 Å². The highest BCUT2D eigenvalue weighted by atomic mass is 32.1. The largest absolute Gasteiger partial charge is 0.462 e. The van der Waals surface area contributed by atoms with E-state index in [1.165, 1.54) is 17.5 Å². The highest BCUT2D eigenvalue weighted by Gasteiger charge is 2.20. The number of hydrazine groups is 1. The van der Waals surface area contributed by atoms with Crippen molar-refractivity contribution in [2.45, 2.75) is 13.8 Å². The lowest BCUT2D eigenvalue weighted by Crippen LogP contribution is -2.23. The van der Waals surface area contributed by atoms with Crippen molar-refractivity contribution in [1.82, 2.24) is 10.4 Å². The minimum absolute atomic E-state index is 0.168. The van der Waals surface area contributed by atoms with Crippen molar-refractivity contribution in [2.75, 3.05) is 18.6 Å². The Kier molecular flexibility index (Phi) is 5.93. The summed E-state index contributed by atoms with van der Waals surface area (Å²) in [5.74, 6) is -1.49. The summed E-state index contributed by atoms with van der Waals surface area (Å²) >= 11 is 1.44. The molecule has 2 aromatic rings. The summed E-state index contributed by atoms with van der Waals surface area (Å²) in [6.07, 6.45) is 1.21. The van der Waals surface area contributed by atoms with E-state index >= 15 is 0 Å². The van der Waals surface area contributed by atoms with Crippen molar-refractivity contribution < 1.29 is 19.1 Å². The summed E-state index contributed by atoms with van der Waals surface area (Å²) in [6.45, 7) is 3.66. The molecule has 122 valence electrons. The second-order valence-corrected chi connectivity index (χ2v) is 5.29. The summed E-state index contributed by atoms with van der Waals surface area (Å²) in [6, 6.07) is 7.68. The maximum Gasteiger partial charge on any atom is 0.347 e. The Morgan fingerprint density at radius 1 is 1.17 bits per heavy atom. The Balaban J connectivity index is 2.06. The van der Waals surface area contributed by atoms with Gasteiger partial charge in [-0.3, -0.25) is 5.43 Å². The number of nitrogens with zero attached hydrogens (tertiary/aromatic N) is 1. The third kappa shape index (κ3) is 4.43. The number of carbonyl (C=O) groups excluding carboxylic acids is 2. The monoisotopic (exact) mass is 335 g/mol. The zero-order chi connectivity index (χ0) is 16.7. The second kappa shape index (κ2) is 8.14. The lowest BCUT2D eigenvalue weighted by atomic mass is 10.3. The highest BCUT2D eigenvalue weighted by molar-refractivity contribution is 7.22. The molecule has 8 heteroatoms. The first kappa shape index (κ1) is 16.8. The number of carbonyl (C=O) groups is 2. The van der Waals surface area contributed by atoms with Gasteiger partial charge in [0.2, 0.25) is 5.13 Å². The third-order valence-electron chi connectivity index (χ3n) is 2.68. The van der Waals surface area contributed by atoms with E-state index in [4.69, 9.17) is 9.47 Å². The Morgan fingerprint density at radius 2 is 1.83 bits per heavy atom. The molecular weight excluding hydrogens is 318 g/mol. The van der Waals surface area contributed by atoms with Gasteiger partial charge in [0.1, 0.15) is 0 Å². The van der Waals surface area contributed by atoms with Gasteiger partial charge in [-0.2, -0.15) is 0 Å². The fourth-order valence-electron chi connectivity index (χ4n) is 1.71. The molecule has 2 N–H and O–H groups in total. The number of anilines is 1. The Labute approximate surface area is 137 Å². The van der Waals surface area contributed by atoms with Gasteiger partial charge in [-0.05, 0) is 26.0 Å². The number of para-hydroxylation sites is 1. The first-order chi connectivity index (χ1) is 11.2. The number of ether oxygens (including phenoxy) is 2. The van der Waals surface area contributed by atoms with Crippen LogP contribution in [0.3, 0.4) is 0 Å². The summed E-state index contributed by atoms with van der Waals surface area (Å²) in [4.78, 5) is 27.9. The van der Waals surface area contributed by atoms with Crippen molar-refractivity contribution >= 4 is 38.6 Å². The van der Waals surface area contributed by atoms with Gasteiger partial charge in [-0.1, -0.05) is 23.5 Å². The normalized spacial score (nSPS) is 10.0. The van der Waals surface area contributed by atoms with E-state index in [0.29, 0.717) is 5.13 Å². The van der Waals surface area contributed by atoms with E-state index in [2.05, 4.69) is 15.8 Å². The van der Waals surface area contributed by atoms with Crippen molar-refractivity contribution in [1.29, 1.82) is 0 Å². The summed E-state index contributed by atoms with van der Waals surface area (Å²) < 4.78 is 10.7. The molecule has 0 radical (unpaired) electrons. The van der Waals surface area contributed by atoms with E-state index in [0.717, 1.165) is 10.2 Å². The van der Waals surface area contributed by atoms with Crippen LogP contribution in [0, 0.1) is 0 Å². The zero-order valence-corrected chi connectivity index (χ0v) is 13.6. The Morgan fingerprint density at radius 3 is 2.43 bits per heavy atom. The summed E-state index contributed by atoms with van der Waals surface area (Å²) in [5, 5.41) is 0.606. The molecule has 0 saturated carbocycles. The van der Waals surface area contributed by atoms with Crippen LogP contribution in [0.25, 0.3) is 10.2 Å². The lowest BCUT2D eigenvalue weighted by molar-refractivity contribution is -0.146. The number of rotatable bonds is 7. The summed E-state index contributed by atoms with van der Waals surface area (Å²) in [5.41, 5.74) is 6.14. The molecule has 0 saturated heterocycles. The maximum absolute atomic E-state index is 11.8. The fraction of sp³-hybridized carbons (Fsp3) is 0.267. The van der Waals surface area contributed by atoms with Crippen LogP contribution in [0.5, 0.6) is 0 Å². The van der Waals surface area contributed by atoms with Gasteiger partial charge in [-0.25, -0.2) is 14.6 Å². The molecule has 0 aliphatic heterocycles. The number of thiazole rings is 1. The number of nitrogens with one attached hydrogen (secondary N) is 2. The van der Waals surface area contributed by atoms with Crippen molar-refractivity contribution in [2.24, 2.45) is 0 Å². The Hall–Kier alpha value is -2.61. The molecule has 0 unspecified atom stereocenters. The molecule has 0 spiro atoms. The molecule has 0 atom stereocenters. The van der Waals surface area contributed by atoms with Gasteiger partial charge >= 0.3 is 11.9 Å². The molecule has 1 heterocycles. The van der Waals surface area contributed by atoms with E-state index in [1.807, 2.05) is 24.3 Å². The zero-order valence-electron chi connectivity index (χ0n) is 12.8. The van der Waals surface area contributed by atoms with Crippen LogP contribution < -0.4 is 10.9 Å². The maximum atomic E-state index is 11.8. The number of hydrogen-bond acceptors (Lipinski definition) is 8. The molecule has 0 aliphatic carbocycles. The average molecular weight is 335 g/mol. The molecule has 0 fully saturated rings. The number of fused-ring (bicyclic) bond motifs is 1. The topological polar surface area (TPSA) is 89.5 Å². The van der Waals surface area contributed by atoms with Crippen LogP contribution in [0.2, 0.25) is 0 Å². The van der Waals surface area contributed by atoms with Crippen LogP contribution in [0.1, 0.15) is 13.8 Å². The van der Waals surface area contributed by atoms with Crippen molar-refractivity contribution in [3.05, 3.63) is 36.0 Å². The standard InChI is InChI=1S/C15H17N3O4S/c1-3-21-13(19)10(14(20)22-4-2)9-16-18-15-17-11-7-5-6-8-12(11)23-15/h5-9,16H,3-4H2,1-2H3,(H,17,18). The SMILES string of the molecule is CCOC(=O)C(=CNNc1nc2ccccc2s1)C(=O)OCC.